The van der Waals surface area contributed by atoms with Gasteiger partial charge in [-0.2, -0.15) is 0 Å². The molecule has 106 valence electrons. The monoisotopic (exact) mass is 279 g/mol. The normalized spacial score (nSPS) is 24.8. The third kappa shape index (κ3) is 3.44. The highest BCUT2D eigenvalue weighted by molar-refractivity contribution is 7.11. The minimum Gasteiger partial charge on any atom is -0.299 e. The van der Waals surface area contributed by atoms with Crippen molar-refractivity contribution in [3.8, 4) is 0 Å². The zero-order valence-corrected chi connectivity index (χ0v) is 13.6. The number of hydrogen-bond donors (Lipinski definition) is 0. The van der Waals surface area contributed by atoms with Gasteiger partial charge in [-0.3, -0.25) is 4.79 Å². The van der Waals surface area contributed by atoms with Crippen molar-refractivity contribution in [3.05, 3.63) is 15.6 Å². The largest absolute Gasteiger partial charge is 0.299 e. The summed E-state index contributed by atoms with van der Waals surface area (Å²) in [6.45, 7) is 11.0. The number of nitrogens with zero attached hydrogens (tertiary/aromatic N) is 1. The summed E-state index contributed by atoms with van der Waals surface area (Å²) in [5.41, 5.74) is 1.43. The molecule has 0 N–H and O–H groups in total. The van der Waals surface area contributed by atoms with Gasteiger partial charge >= 0.3 is 0 Å². The van der Waals surface area contributed by atoms with Crippen molar-refractivity contribution in [2.24, 2.45) is 17.3 Å². The summed E-state index contributed by atoms with van der Waals surface area (Å²) in [5.74, 6) is 1.31. The Balaban J connectivity index is 2.07. The van der Waals surface area contributed by atoms with Crippen LogP contribution in [0.25, 0.3) is 0 Å². The average molecular weight is 279 g/mol. The quantitative estimate of drug-likeness (QED) is 0.806. The molecule has 19 heavy (non-hydrogen) atoms. The molecule has 0 radical (unpaired) electrons. The van der Waals surface area contributed by atoms with Gasteiger partial charge in [-0.15, -0.1) is 11.3 Å². The number of ketones is 1. The van der Waals surface area contributed by atoms with Crippen molar-refractivity contribution in [3.63, 3.8) is 0 Å². The Morgan fingerprint density at radius 1 is 1.32 bits per heavy atom. The second-order valence-corrected chi connectivity index (χ2v) is 8.24. The van der Waals surface area contributed by atoms with Gasteiger partial charge in [0.15, 0.2) is 0 Å². The fraction of sp³-hybridized carbons (Fsp3) is 0.750. The smallest absolute Gasteiger partial charge is 0.136 e. The second-order valence-electron chi connectivity index (χ2n) is 6.95. The van der Waals surface area contributed by atoms with Crippen molar-refractivity contribution in [1.82, 2.24) is 4.98 Å². The number of aromatic nitrogens is 1. The van der Waals surface area contributed by atoms with E-state index in [-0.39, 0.29) is 5.92 Å². The van der Waals surface area contributed by atoms with Crippen LogP contribution in [0.5, 0.6) is 0 Å². The molecule has 0 spiro atoms. The van der Waals surface area contributed by atoms with E-state index in [1.807, 2.05) is 0 Å². The van der Waals surface area contributed by atoms with Crippen LogP contribution in [0, 0.1) is 31.1 Å². The van der Waals surface area contributed by atoms with E-state index in [0.717, 1.165) is 36.4 Å². The first kappa shape index (κ1) is 14.7. The van der Waals surface area contributed by atoms with Crippen LogP contribution in [0.4, 0.5) is 0 Å². The first-order chi connectivity index (χ1) is 8.77. The Hall–Kier alpha value is -0.700. The SMILES string of the molecule is Cc1nc(CC2CC(C(C)(C)C)CCC2=O)sc1C. The summed E-state index contributed by atoms with van der Waals surface area (Å²) >= 11 is 1.76. The maximum atomic E-state index is 12.1. The molecule has 1 heterocycles. The number of carbonyl (C=O) groups is 1. The second kappa shape index (κ2) is 5.35. The standard InChI is InChI=1S/C16H25NOS/c1-10-11(2)19-15(17-10)9-12-8-13(16(3,4)5)6-7-14(12)18/h12-13H,6-9H2,1-5H3. The third-order valence-electron chi connectivity index (χ3n) is 4.48. The zero-order chi connectivity index (χ0) is 14.2. The molecule has 2 atom stereocenters. The summed E-state index contributed by atoms with van der Waals surface area (Å²) in [4.78, 5) is 18.0. The number of hydrogen-bond acceptors (Lipinski definition) is 3. The molecule has 0 aromatic carbocycles. The maximum Gasteiger partial charge on any atom is 0.136 e. The lowest BCUT2D eigenvalue weighted by Gasteiger charge is -2.36. The number of thiazole rings is 1. The van der Waals surface area contributed by atoms with E-state index in [1.165, 1.54) is 4.88 Å². The zero-order valence-electron chi connectivity index (χ0n) is 12.7. The molecule has 1 aromatic rings. The number of carbonyl (C=O) groups excluding carboxylic acids is 1. The van der Waals surface area contributed by atoms with E-state index in [4.69, 9.17) is 0 Å². The first-order valence-electron chi connectivity index (χ1n) is 7.23. The highest BCUT2D eigenvalue weighted by Crippen LogP contribution is 2.40. The van der Waals surface area contributed by atoms with E-state index in [2.05, 4.69) is 39.6 Å². The molecule has 0 saturated heterocycles. The topological polar surface area (TPSA) is 30.0 Å². The molecule has 1 aliphatic carbocycles. The van der Waals surface area contributed by atoms with Crippen LogP contribution >= 0.6 is 11.3 Å². The van der Waals surface area contributed by atoms with Crippen molar-refractivity contribution in [2.75, 3.05) is 0 Å². The van der Waals surface area contributed by atoms with Gasteiger partial charge in [-0.05, 0) is 38.0 Å². The molecular weight excluding hydrogens is 254 g/mol. The Labute approximate surface area is 120 Å². The predicted octanol–water partition coefficient (Wildman–Crippen LogP) is 4.33. The molecule has 0 aliphatic heterocycles. The molecule has 1 aromatic heterocycles. The Morgan fingerprint density at radius 2 is 2.00 bits per heavy atom. The van der Waals surface area contributed by atoms with Crippen LogP contribution in [0.1, 0.15) is 55.6 Å². The van der Waals surface area contributed by atoms with Crippen LogP contribution in [0.3, 0.4) is 0 Å². The summed E-state index contributed by atoms with van der Waals surface area (Å²) in [7, 11) is 0. The van der Waals surface area contributed by atoms with Crippen molar-refractivity contribution in [1.29, 1.82) is 0 Å². The lowest BCUT2D eigenvalue weighted by atomic mass is 9.68. The van der Waals surface area contributed by atoms with Crippen LogP contribution in [0.2, 0.25) is 0 Å². The minimum atomic E-state index is 0.197. The Kier molecular flexibility index (Phi) is 4.14. The van der Waals surface area contributed by atoms with E-state index in [1.54, 1.807) is 11.3 Å². The average Bonchev–Trinajstić information content (AvgIpc) is 2.59. The van der Waals surface area contributed by atoms with E-state index in [9.17, 15) is 4.79 Å². The number of rotatable bonds is 2. The highest BCUT2D eigenvalue weighted by atomic mass is 32.1. The van der Waals surface area contributed by atoms with E-state index >= 15 is 0 Å². The number of Topliss-reactive ketones (excluding diaryl/α,β-unsaturated/α-hetero) is 1. The lowest BCUT2D eigenvalue weighted by molar-refractivity contribution is -0.126. The summed E-state index contributed by atoms with van der Waals surface area (Å²) in [6, 6.07) is 0. The van der Waals surface area contributed by atoms with Crippen molar-refractivity contribution >= 4 is 17.1 Å². The first-order valence-corrected chi connectivity index (χ1v) is 8.04. The van der Waals surface area contributed by atoms with Crippen LogP contribution < -0.4 is 0 Å². The van der Waals surface area contributed by atoms with E-state index < -0.39 is 0 Å². The maximum absolute atomic E-state index is 12.1. The molecule has 2 nitrogen and oxygen atoms in total. The molecule has 1 aliphatic rings. The molecular formula is C16H25NOS. The summed E-state index contributed by atoms with van der Waals surface area (Å²) < 4.78 is 0. The summed E-state index contributed by atoms with van der Waals surface area (Å²) in [5, 5.41) is 1.14. The molecule has 1 saturated carbocycles. The van der Waals surface area contributed by atoms with E-state index in [0.29, 0.717) is 17.1 Å². The molecule has 0 amide bonds. The van der Waals surface area contributed by atoms with Gasteiger partial charge < -0.3 is 0 Å². The third-order valence-corrected chi connectivity index (χ3v) is 5.58. The van der Waals surface area contributed by atoms with Gasteiger partial charge in [0.05, 0.1) is 10.7 Å². The van der Waals surface area contributed by atoms with Gasteiger partial charge in [0.1, 0.15) is 5.78 Å². The predicted molar refractivity (Wildman–Crippen MR) is 80.6 cm³/mol. The highest BCUT2D eigenvalue weighted by Gasteiger charge is 2.35. The van der Waals surface area contributed by atoms with Crippen molar-refractivity contribution in [2.45, 2.75) is 60.3 Å². The number of aryl methyl sites for hydroxylation is 2. The van der Waals surface area contributed by atoms with Gasteiger partial charge in [-0.1, -0.05) is 20.8 Å². The van der Waals surface area contributed by atoms with Gasteiger partial charge in [-0.25, -0.2) is 4.98 Å². The minimum absolute atomic E-state index is 0.197. The van der Waals surface area contributed by atoms with Crippen molar-refractivity contribution < 1.29 is 4.79 Å². The van der Waals surface area contributed by atoms with Crippen LogP contribution in [0.15, 0.2) is 0 Å². The molecule has 1 fully saturated rings. The molecule has 2 rings (SSSR count). The summed E-state index contributed by atoms with van der Waals surface area (Å²) in [6.07, 6.45) is 3.72. The molecule has 0 bridgehead atoms. The Morgan fingerprint density at radius 3 is 2.53 bits per heavy atom. The fourth-order valence-electron chi connectivity index (χ4n) is 2.93. The van der Waals surface area contributed by atoms with Crippen LogP contribution in [-0.2, 0) is 11.2 Å². The Bertz CT molecular complexity index is 450. The molecule has 2 unspecified atom stereocenters. The molecule has 3 heteroatoms. The lowest BCUT2D eigenvalue weighted by Crippen LogP contribution is -2.33. The van der Waals surface area contributed by atoms with Crippen LogP contribution in [-0.4, -0.2) is 10.8 Å². The van der Waals surface area contributed by atoms with Gasteiger partial charge in [0.25, 0.3) is 0 Å². The van der Waals surface area contributed by atoms with Gasteiger partial charge in [0.2, 0.25) is 0 Å². The van der Waals surface area contributed by atoms with Gasteiger partial charge in [0, 0.05) is 23.6 Å². The fourth-order valence-corrected chi connectivity index (χ4v) is 3.95.